The Bertz CT molecular complexity index is 596. The fourth-order valence-corrected chi connectivity index (χ4v) is 2.88. The van der Waals surface area contributed by atoms with Gasteiger partial charge in [-0.25, -0.2) is 0 Å². The maximum atomic E-state index is 6.03. The van der Waals surface area contributed by atoms with Crippen molar-refractivity contribution in [1.29, 1.82) is 0 Å². The Balaban J connectivity index is 2.32. The molecule has 0 amide bonds. The minimum Gasteiger partial charge on any atom is -0.457 e. The summed E-state index contributed by atoms with van der Waals surface area (Å²) in [5.74, 6) is 2.75. The van der Waals surface area contributed by atoms with Gasteiger partial charge in [-0.1, -0.05) is 19.1 Å². The molecule has 0 aromatic heterocycles. The molecule has 2 nitrogen and oxygen atoms in total. The van der Waals surface area contributed by atoms with E-state index in [0.29, 0.717) is 6.54 Å². The van der Waals surface area contributed by atoms with Crippen molar-refractivity contribution in [2.45, 2.75) is 32.2 Å². The first-order valence-corrected chi connectivity index (χ1v) is 7.84. The zero-order chi connectivity index (χ0) is 14.5. The predicted octanol–water partition coefficient (Wildman–Crippen LogP) is 4.67. The second-order valence-corrected chi connectivity index (χ2v) is 6.02. The molecule has 2 aromatic rings. The average Bonchev–Trinajstić information content (AvgIpc) is 2.44. The van der Waals surface area contributed by atoms with Gasteiger partial charge in [-0.3, -0.25) is 0 Å². The van der Waals surface area contributed by atoms with Gasteiger partial charge in [-0.15, -0.1) is 11.8 Å². The van der Waals surface area contributed by atoms with Gasteiger partial charge in [0.2, 0.25) is 0 Å². The zero-order valence-corrected chi connectivity index (χ0v) is 13.1. The molecule has 0 aliphatic heterocycles. The number of hydrogen-bond acceptors (Lipinski definition) is 3. The standard InChI is InChI=1S/C17H21NOS/c1-4-20-17-7-5-6-16(15(17)11-18)19-14-9-8-12(2)13(3)10-14/h5-10H,4,11,18H2,1-3H3. The van der Waals surface area contributed by atoms with E-state index in [1.165, 1.54) is 16.0 Å². The minimum atomic E-state index is 0.489. The fraction of sp³-hybridized carbons (Fsp3) is 0.294. The van der Waals surface area contributed by atoms with Gasteiger partial charge >= 0.3 is 0 Å². The summed E-state index contributed by atoms with van der Waals surface area (Å²) in [7, 11) is 0. The van der Waals surface area contributed by atoms with E-state index in [-0.39, 0.29) is 0 Å². The summed E-state index contributed by atoms with van der Waals surface area (Å²) in [4.78, 5) is 1.20. The summed E-state index contributed by atoms with van der Waals surface area (Å²) in [6.07, 6.45) is 0. The van der Waals surface area contributed by atoms with Crippen LogP contribution in [-0.2, 0) is 6.54 Å². The topological polar surface area (TPSA) is 35.2 Å². The van der Waals surface area contributed by atoms with E-state index in [9.17, 15) is 0 Å². The number of ether oxygens (including phenoxy) is 1. The second kappa shape index (κ2) is 6.82. The van der Waals surface area contributed by atoms with Gasteiger partial charge in [0.25, 0.3) is 0 Å². The maximum Gasteiger partial charge on any atom is 0.133 e. The molecular weight excluding hydrogens is 266 g/mol. The molecule has 0 saturated carbocycles. The molecule has 0 aliphatic rings. The van der Waals surface area contributed by atoms with Crippen LogP contribution < -0.4 is 10.5 Å². The first kappa shape index (κ1) is 14.9. The van der Waals surface area contributed by atoms with E-state index < -0.39 is 0 Å². The Morgan fingerprint density at radius 2 is 1.90 bits per heavy atom. The fourth-order valence-electron chi connectivity index (χ4n) is 2.04. The molecule has 0 aliphatic carbocycles. The second-order valence-electron chi connectivity index (χ2n) is 4.72. The van der Waals surface area contributed by atoms with Crippen LogP contribution in [0, 0.1) is 13.8 Å². The molecule has 2 aromatic carbocycles. The van der Waals surface area contributed by atoms with E-state index in [4.69, 9.17) is 10.5 Å². The highest BCUT2D eigenvalue weighted by atomic mass is 32.2. The lowest BCUT2D eigenvalue weighted by Crippen LogP contribution is -2.01. The van der Waals surface area contributed by atoms with Crippen molar-refractivity contribution >= 4 is 11.8 Å². The van der Waals surface area contributed by atoms with Crippen LogP contribution in [0.15, 0.2) is 41.3 Å². The highest BCUT2D eigenvalue weighted by Gasteiger charge is 2.09. The third kappa shape index (κ3) is 3.35. The first-order chi connectivity index (χ1) is 9.65. The van der Waals surface area contributed by atoms with Crippen LogP contribution in [0.4, 0.5) is 0 Å². The minimum absolute atomic E-state index is 0.489. The molecule has 3 heteroatoms. The van der Waals surface area contributed by atoms with E-state index >= 15 is 0 Å². The summed E-state index contributed by atoms with van der Waals surface area (Å²) in [5, 5.41) is 0. The molecule has 106 valence electrons. The van der Waals surface area contributed by atoms with Crippen molar-refractivity contribution in [3.8, 4) is 11.5 Å². The molecule has 0 heterocycles. The molecule has 0 unspecified atom stereocenters. The summed E-state index contributed by atoms with van der Waals surface area (Å²) in [6, 6.07) is 12.3. The number of rotatable bonds is 5. The zero-order valence-electron chi connectivity index (χ0n) is 12.3. The Kier molecular flexibility index (Phi) is 5.10. The first-order valence-electron chi connectivity index (χ1n) is 6.85. The lowest BCUT2D eigenvalue weighted by molar-refractivity contribution is 0.474. The number of benzene rings is 2. The predicted molar refractivity (Wildman–Crippen MR) is 86.7 cm³/mol. The molecule has 2 rings (SSSR count). The molecule has 0 atom stereocenters. The summed E-state index contributed by atoms with van der Waals surface area (Å²) < 4.78 is 6.03. The Morgan fingerprint density at radius 1 is 1.10 bits per heavy atom. The lowest BCUT2D eigenvalue weighted by atomic mass is 10.1. The number of aryl methyl sites for hydroxylation is 2. The van der Waals surface area contributed by atoms with Crippen LogP contribution in [0.25, 0.3) is 0 Å². The summed E-state index contributed by atoms with van der Waals surface area (Å²) in [6.45, 7) is 6.82. The van der Waals surface area contributed by atoms with Gasteiger partial charge < -0.3 is 10.5 Å². The monoisotopic (exact) mass is 287 g/mol. The Hall–Kier alpha value is -1.45. The van der Waals surface area contributed by atoms with E-state index in [1.807, 2.05) is 18.2 Å². The van der Waals surface area contributed by atoms with Crippen LogP contribution in [0.5, 0.6) is 11.5 Å². The SMILES string of the molecule is CCSc1cccc(Oc2ccc(C)c(C)c2)c1CN. The molecular formula is C17H21NOS. The normalized spacial score (nSPS) is 10.6. The van der Waals surface area contributed by atoms with Crippen molar-refractivity contribution in [2.75, 3.05) is 5.75 Å². The van der Waals surface area contributed by atoms with Crippen LogP contribution in [0.2, 0.25) is 0 Å². The van der Waals surface area contributed by atoms with Crippen LogP contribution in [0.1, 0.15) is 23.6 Å². The maximum absolute atomic E-state index is 6.03. The van der Waals surface area contributed by atoms with Crippen molar-refractivity contribution in [1.82, 2.24) is 0 Å². The third-order valence-electron chi connectivity index (χ3n) is 3.30. The molecule has 2 N–H and O–H groups in total. The third-order valence-corrected chi connectivity index (χ3v) is 4.28. The van der Waals surface area contributed by atoms with Gasteiger partial charge in [0.05, 0.1) is 0 Å². The van der Waals surface area contributed by atoms with E-state index in [0.717, 1.165) is 22.8 Å². The summed E-state index contributed by atoms with van der Waals surface area (Å²) in [5.41, 5.74) is 9.48. The Labute approximate surface area is 125 Å². The molecule has 0 spiro atoms. The highest BCUT2D eigenvalue weighted by Crippen LogP contribution is 2.33. The molecule has 0 bridgehead atoms. The molecule has 20 heavy (non-hydrogen) atoms. The van der Waals surface area contributed by atoms with Gasteiger partial charge in [-0.2, -0.15) is 0 Å². The van der Waals surface area contributed by atoms with Crippen LogP contribution in [0.3, 0.4) is 0 Å². The average molecular weight is 287 g/mol. The molecule has 0 saturated heterocycles. The van der Waals surface area contributed by atoms with Crippen LogP contribution in [-0.4, -0.2) is 5.75 Å². The van der Waals surface area contributed by atoms with Crippen LogP contribution >= 0.6 is 11.8 Å². The smallest absolute Gasteiger partial charge is 0.133 e. The van der Waals surface area contributed by atoms with Gasteiger partial charge in [0, 0.05) is 17.0 Å². The number of hydrogen-bond donors (Lipinski definition) is 1. The largest absolute Gasteiger partial charge is 0.457 e. The van der Waals surface area contributed by atoms with E-state index in [2.05, 4.69) is 39.0 Å². The molecule has 0 fully saturated rings. The van der Waals surface area contributed by atoms with Gasteiger partial charge in [0.1, 0.15) is 11.5 Å². The highest BCUT2D eigenvalue weighted by molar-refractivity contribution is 7.99. The number of nitrogens with two attached hydrogens (primary N) is 1. The van der Waals surface area contributed by atoms with Crippen molar-refractivity contribution < 1.29 is 4.74 Å². The number of thioether (sulfide) groups is 1. The summed E-state index contributed by atoms with van der Waals surface area (Å²) >= 11 is 1.80. The molecule has 0 radical (unpaired) electrons. The van der Waals surface area contributed by atoms with Crippen molar-refractivity contribution in [3.05, 3.63) is 53.1 Å². The van der Waals surface area contributed by atoms with Crippen molar-refractivity contribution in [2.24, 2.45) is 5.73 Å². The Morgan fingerprint density at radius 3 is 2.55 bits per heavy atom. The van der Waals surface area contributed by atoms with Gasteiger partial charge in [-0.05, 0) is 55.0 Å². The quantitative estimate of drug-likeness (QED) is 0.812. The van der Waals surface area contributed by atoms with Gasteiger partial charge in [0.15, 0.2) is 0 Å². The van der Waals surface area contributed by atoms with Crippen molar-refractivity contribution in [3.63, 3.8) is 0 Å². The lowest BCUT2D eigenvalue weighted by Gasteiger charge is -2.14. The van der Waals surface area contributed by atoms with E-state index in [1.54, 1.807) is 11.8 Å².